The van der Waals surface area contributed by atoms with E-state index in [-0.39, 0.29) is 0 Å². The standard InChI is InChI=1S/C13H11I/c1-2-10-7-8-11(9-14)13-6-4-3-5-12(10)13/h2-8H,1,9H2. The molecule has 70 valence electrons. The van der Waals surface area contributed by atoms with Crippen LogP contribution in [0.5, 0.6) is 0 Å². The third-order valence-electron chi connectivity index (χ3n) is 2.41. The largest absolute Gasteiger partial charge is 0.0984 e. The van der Waals surface area contributed by atoms with Crippen LogP contribution in [0, 0.1) is 0 Å². The molecule has 0 amide bonds. The zero-order chi connectivity index (χ0) is 9.97. The normalized spacial score (nSPS) is 10.4. The van der Waals surface area contributed by atoms with Crippen molar-refractivity contribution < 1.29 is 0 Å². The summed E-state index contributed by atoms with van der Waals surface area (Å²) in [7, 11) is 0. The van der Waals surface area contributed by atoms with Gasteiger partial charge < -0.3 is 0 Å². The lowest BCUT2D eigenvalue weighted by atomic mass is 10.0. The average molecular weight is 294 g/mol. The predicted molar refractivity (Wildman–Crippen MR) is 71.8 cm³/mol. The van der Waals surface area contributed by atoms with E-state index in [1.54, 1.807) is 0 Å². The summed E-state index contributed by atoms with van der Waals surface area (Å²) in [5.41, 5.74) is 2.61. The molecule has 0 aliphatic heterocycles. The first-order valence-corrected chi connectivity index (χ1v) is 6.08. The van der Waals surface area contributed by atoms with Gasteiger partial charge in [0.15, 0.2) is 0 Å². The third kappa shape index (κ3) is 1.57. The number of fused-ring (bicyclic) bond motifs is 1. The number of hydrogen-bond donors (Lipinski definition) is 0. The van der Waals surface area contributed by atoms with Crippen molar-refractivity contribution in [2.45, 2.75) is 4.43 Å². The average Bonchev–Trinajstić information content (AvgIpc) is 2.27. The molecule has 0 aliphatic rings. The Labute approximate surface area is 97.8 Å². The van der Waals surface area contributed by atoms with Crippen LogP contribution >= 0.6 is 22.6 Å². The van der Waals surface area contributed by atoms with Crippen LogP contribution in [0.4, 0.5) is 0 Å². The summed E-state index contributed by atoms with van der Waals surface area (Å²) in [4.78, 5) is 0. The van der Waals surface area contributed by atoms with Crippen molar-refractivity contribution in [1.29, 1.82) is 0 Å². The Kier molecular flexibility index (Phi) is 2.87. The van der Waals surface area contributed by atoms with Crippen LogP contribution in [0.25, 0.3) is 16.8 Å². The molecule has 1 heteroatoms. The predicted octanol–water partition coefficient (Wildman–Crippen LogP) is 4.42. The van der Waals surface area contributed by atoms with Gasteiger partial charge in [0.1, 0.15) is 0 Å². The van der Waals surface area contributed by atoms with Gasteiger partial charge >= 0.3 is 0 Å². The summed E-state index contributed by atoms with van der Waals surface area (Å²) in [6, 6.07) is 12.8. The molecule has 0 N–H and O–H groups in total. The van der Waals surface area contributed by atoms with Crippen molar-refractivity contribution in [3.63, 3.8) is 0 Å². The molecule has 0 aromatic heterocycles. The Balaban J connectivity index is 2.84. The number of hydrogen-bond acceptors (Lipinski definition) is 0. The molecular formula is C13H11I. The first kappa shape index (κ1) is 9.71. The fourth-order valence-corrected chi connectivity index (χ4v) is 2.34. The van der Waals surface area contributed by atoms with E-state index < -0.39 is 0 Å². The summed E-state index contributed by atoms with van der Waals surface area (Å²) in [6.45, 7) is 3.83. The lowest BCUT2D eigenvalue weighted by molar-refractivity contribution is 1.50. The lowest BCUT2D eigenvalue weighted by Crippen LogP contribution is -1.84. The molecule has 2 aromatic carbocycles. The maximum Gasteiger partial charge on any atom is 0.0253 e. The van der Waals surface area contributed by atoms with Gasteiger partial charge in [0, 0.05) is 4.43 Å². The van der Waals surface area contributed by atoms with Gasteiger partial charge in [0.05, 0.1) is 0 Å². The highest BCUT2D eigenvalue weighted by molar-refractivity contribution is 14.1. The van der Waals surface area contributed by atoms with Gasteiger partial charge in [-0.05, 0) is 21.9 Å². The molecule has 0 radical (unpaired) electrons. The number of halogens is 1. The Morgan fingerprint density at radius 1 is 1.07 bits per heavy atom. The van der Waals surface area contributed by atoms with Gasteiger partial charge in [-0.2, -0.15) is 0 Å². The van der Waals surface area contributed by atoms with Crippen molar-refractivity contribution in [1.82, 2.24) is 0 Å². The van der Waals surface area contributed by atoms with E-state index in [0.29, 0.717) is 0 Å². The molecule has 0 spiro atoms. The molecule has 0 atom stereocenters. The van der Waals surface area contributed by atoms with E-state index in [2.05, 4.69) is 65.6 Å². The highest BCUT2D eigenvalue weighted by Gasteiger charge is 2.01. The molecule has 2 rings (SSSR count). The first-order valence-electron chi connectivity index (χ1n) is 4.56. The van der Waals surface area contributed by atoms with Crippen LogP contribution in [-0.4, -0.2) is 0 Å². The highest BCUT2D eigenvalue weighted by atomic mass is 127. The summed E-state index contributed by atoms with van der Waals surface area (Å²) in [5, 5.41) is 2.65. The second-order valence-electron chi connectivity index (χ2n) is 3.20. The summed E-state index contributed by atoms with van der Waals surface area (Å²) >= 11 is 2.40. The quantitative estimate of drug-likeness (QED) is 0.568. The Bertz CT molecular complexity index is 472. The Morgan fingerprint density at radius 2 is 1.79 bits per heavy atom. The number of alkyl halides is 1. The van der Waals surface area contributed by atoms with Crippen molar-refractivity contribution in [2.24, 2.45) is 0 Å². The maximum absolute atomic E-state index is 3.83. The molecule has 14 heavy (non-hydrogen) atoms. The number of benzene rings is 2. The van der Waals surface area contributed by atoms with Gasteiger partial charge in [0.25, 0.3) is 0 Å². The molecule has 2 aromatic rings. The molecule has 0 saturated carbocycles. The fourth-order valence-electron chi connectivity index (χ4n) is 1.68. The molecule has 0 aliphatic carbocycles. The van der Waals surface area contributed by atoms with Crippen molar-refractivity contribution in [3.05, 3.63) is 54.1 Å². The maximum atomic E-state index is 3.83. The molecule has 0 bridgehead atoms. The van der Waals surface area contributed by atoms with Crippen molar-refractivity contribution >= 4 is 39.4 Å². The molecular weight excluding hydrogens is 283 g/mol. The zero-order valence-electron chi connectivity index (χ0n) is 7.83. The van der Waals surface area contributed by atoms with E-state index in [9.17, 15) is 0 Å². The minimum atomic E-state index is 1.05. The topological polar surface area (TPSA) is 0 Å². The SMILES string of the molecule is C=Cc1ccc(CI)c2ccccc12. The van der Waals surface area contributed by atoms with Gasteiger partial charge in [-0.25, -0.2) is 0 Å². The van der Waals surface area contributed by atoms with Crippen LogP contribution < -0.4 is 0 Å². The monoisotopic (exact) mass is 294 g/mol. The van der Waals surface area contributed by atoms with E-state index in [0.717, 1.165) is 4.43 Å². The van der Waals surface area contributed by atoms with Crippen LogP contribution in [0.2, 0.25) is 0 Å². The second kappa shape index (κ2) is 4.13. The molecule has 0 nitrogen and oxygen atoms in total. The zero-order valence-corrected chi connectivity index (χ0v) is 9.99. The Hall–Kier alpha value is -0.830. The Morgan fingerprint density at radius 3 is 2.43 bits per heavy atom. The first-order chi connectivity index (χ1) is 6.86. The van der Waals surface area contributed by atoms with E-state index in [4.69, 9.17) is 0 Å². The van der Waals surface area contributed by atoms with E-state index >= 15 is 0 Å². The van der Waals surface area contributed by atoms with Crippen LogP contribution in [0.3, 0.4) is 0 Å². The second-order valence-corrected chi connectivity index (χ2v) is 3.96. The van der Waals surface area contributed by atoms with Gasteiger partial charge in [0.2, 0.25) is 0 Å². The van der Waals surface area contributed by atoms with E-state index in [1.165, 1.54) is 21.9 Å². The third-order valence-corrected chi connectivity index (χ3v) is 3.23. The van der Waals surface area contributed by atoms with Gasteiger partial charge in [-0.3, -0.25) is 0 Å². The van der Waals surface area contributed by atoms with Gasteiger partial charge in [-0.15, -0.1) is 0 Å². The van der Waals surface area contributed by atoms with Crippen LogP contribution in [0.1, 0.15) is 11.1 Å². The fraction of sp³-hybridized carbons (Fsp3) is 0.0769. The molecule has 0 heterocycles. The summed E-state index contributed by atoms with van der Waals surface area (Å²) < 4.78 is 1.05. The van der Waals surface area contributed by atoms with E-state index in [1.807, 2.05) is 6.08 Å². The smallest absolute Gasteiger partial charge is 0.0253 e. The molecule has 0 saturated heterocycles. The molecule has 0 fully saturated rings. The highest BCUT2D eigenvalue weighted by Crippen LogP contribution is 2.25. The van der Waals surface area contributed by atoms with Crippen molar-refractivity contribution in [3.8, 4) is 0 Å². The van der Waals surface area contributed by atoms with Crippen LogP contribution in [-0.2, 0) is 4.43 Å². The lowest BCUT2D eigenvalue weighted by Gasteiger charge is -2.06. The minimum absolute atomic E-state index is 1.05. The summed E-state index contributed by atoms with van der Waals surface area (Å²) in [6.07, 6.45) is 1.92. The van der Waals surface area contributed by atoms with Crippen molar-refractivity contribution in [2.75, 3.05) is 0 Å². The minimum Gasteiger partial charge on any atom is -0.0984 e. The van der Waals surface area contributed by atoms with Gasteiger partial charge in [-0.1, -0.05) is 71.6 Å². The molecule has 0 unspecified atom stereocenters. The summed E-state index contributed by atoms with van der Waals surface area (Å²) in [5.74, 6) is 0. The number of rotatable bonds is 2. The van der Waals surface area contributed by atoms with Crippen LogP contribution in [0.15, 0.2) is 43.0 Å².